The van der Waals surface area contributed by atoms with Gasteiger partial charge in [0.1, 0.15) is 0 Å². The van der Waals surface area contributed by atoms with Crippen molar-refractivity contribution < 1.29 is 19.1 Å². The maximum atomic E-state index is 11.2. The van der Waals surface area contributed by atoms with Gasteiger partial charge in [-0.15, -0.1) is 0 Å². The van der Waals surface area contributed by atoms with Gasteiger partial charge < -0.3 is 9.47 Å². The van der Waals surface area contributed by atoms with Crippen molar-refractivity contribution in [3.63, 3.8) is 0 Å². The number of hydrogen-bond acceptors (Lipinski definition) is 4. The van der Waals surface area contributed by atoms with Gasteiger partial charge in [0.25, 0.3) is 0 Å². The van der Waals surface area contributed by atoms with Gasteiger partial charge in [0.15, 0.2) is 0 Å². The van der Waals surface area contributed by atoms with Crippen LogP contribution in [0.25, 0.3) is 0 Å². The summed E-state index contributed by atoms with van der Waals surface area (Å²) in [6.07, 6.45) is 3.85. The maximum absolute atomic E-state index is 11.2. The van der Waals surface area contributed by atoms with E-state index in [1.165, 1.54) is 0 Å². The van der Waals surface area contributed by atoms with Crippen molar-refractivity contribution in [2.75, 3.05) is 13.2 Å². The number of rotatable bonds is 8. The van der Waals surface area contributed by atoms with Gasteiger partial charge in [0.05, 0.1) is 13.2 Å². The molecular weight excluding hydrogens is 232 g/mol. The highest BCUT2D eigenvalue weighted by Gasteiger charge is 2.02. The fourth-order valence-corrected chi connectivity index (χ4v) is 1.02. The molecule has 0 rings (SSSR count). The van der Waals surface area contributed by atoms with Crippen LogP contribution in [0.3, 0.4) is 0 Å². The molecule has 4 nitrogen and oxygen atoms in total. The Bertz CT molecular complexity index is 252. The van der Waals surface area contributed by atoms with E-state index in [0.29, 0.717) is 25.0 Å². The molecule has 0 aliphatic carbocycles. The Kier molecular flexibility index (Phi) is 8.97. The summed E-state index contributed by atoms with van der Waals surface area (Å²) in [5.74, 6) is -0.0292. The first-order chi connectivity index (χ1) is 8.41. The summed E-state index contributed by atoms with van der Waals surface area (Å²) in [7, 11) is 0. The molecule has 0 heterocycles. The molecule has 104 valence electrons. The molecule has 0 fully saturated rings. The van der Waals surface area contributed by atoms with Crippen LogP contribution < -0.4 is 0 Å². The predicted octanol–water partition coefficient (Wildman–Crippen LogP) is 2.72. The highest BCUT2D eigenvalue weighted by Crippen LogP contribution is 2.00. The minimum atomic E-state index is -0.503. The van der Waals surface area contributed by atoms with Crippen molar-refractivity contribution in [3.05, 3.63) is 12.2 Å². The minimum absolute atomic E-state index is 0.378. The van der Waals surface area contributed by atoms with E-state index in [2.05, 4.69) is 27.7 Å². The Hall–Kier alpha value is -1.32. The van der Waals surface area contributed by atoms with Gasteiger partial charge in [-0.1, -0.05) is 27.7 Å². The zero-order valence-electron chi connectivity index (χ0n) is 11.8. The summed E-state index contributed by atoms with van der Waals surface area (Å²) in [5.41, 5.74) is 0. The van der Waals surface area contributed by atoms with Crippen LogP contribution in [0, 0.1) is 11.8 Å². The highest BCUT2D eigenvalue weighted by molar-refractivity contribution is 5.91. The molecule has 0 aromatic heterocycles. The fraction of sp³-hybridized carbons (Fsp3) is 0.714. The molecule has 0 saturated heterocycles. The monoisotopic (exact) mass is 256 g/mol. The lowest BCUT2D eigenvalue weighted by atomic mass is 10.1. The first kappa shape index (κ1) is 16.7. The van der Waals surface area contributed by atoms with Crippen molar-refractivity contribution in [2.24, 2.45) is 11.8 Å². The molecule has 18 heavy (non-hydrogen) atoms. The molecular formula is C14H24O4. The largest absolute Gasteiger partial charge is 0.463 e. The Labute approximate surface area is 109 Å². The molecule has 0 N–H and O–H groups in total. The standard InChI is InChI=1S/C14H24O4/c1-11(2)7-9-17-13(15)5-6-14(16)18-10-8-12(3)4/h5-6,11-12H,7-10H2,1-4H3/b6-5-. The third-order valence-corrected chi connectivity index (χ3v) is 2.23. The number of ether oxygens (including phenoxy) is 2. The molecule has 0 aromatic carbocycles. The lowest BCUT2D eigenvalue weighted by Crippen LogP contribution is -2.08. The van der Waals surface area contributed by atoms with Gasteiger partial charge in [0.2, 0.25) is 0 Å². The smallest absolute Gasteiger partial charge is 0.331 e. The number of hydrogen-bond donors (Lipinski definition) is 0. The molecule has 0 spiro atoms. The summed E-state index contributed by atoms with van der Waals surface area (Å²) < 4.78 is 9.82. The van der Waals surface area contributed by atoms with E-state index in [-0.39, 0.29) is 0 Å². The van der Waals surface area contributed by atoms with E-state index in [4.69, 9.17) is 9.47 Å². The van der Waals surface area contributed by atoms with Gasteiger partial charge in [-0.25, -0.2) is 9.59 Å². The lowest BCUT2D eigenvalue weighted by Gasteiger charge is -2.05. The molecule has 0 aliphatic rings. The summed E-state index contributed by atoms with van der Waals surface area (Å²) in [4.78, 5) is 22.4. The van der Waals surface area contributed by atoms with Crippen LogP contribution >= 0.6 is 0 Å². The summed E-state index contributed by atoms with van der Waals surface area (Å²) in [6.45, 7) is 8.96. The zero-order valence-corrected chi connectivity index (χ0v) is 11.8. The third kappa shape index (κ3) is 11.2. The molecule has 0 aromatic rings. The van der Waals surface area contributed by atoms with Crippen LogP contribution in [-0.2, 0) is 19.1 Å². The summed E-state index contributed by atoms with van der Waals surface area (Å²) in [6, 6.07) is 0. The normalized spacial score (nSPS) is 11.2. The molecule has 0 aliphatic heterocycles. The second-order valence-electron chi connectivity index (χ2n) is 5.03. The quantitative estimate of drug-likeness (QED) is 0.495. The van der Waals surface area contributed by atoms with E-state index in [1.54, 1.807) is 0 Å². The SMILES string of the molecule is CC(C)CCOC(=O)/C=C\C(=O)OCCC(C)C. The van der Waals surface area contributed by atoms with E-state index in [1.807, 2.05) is 0 Å². The molecule has 0 amide bonds. The Morgan fingerprint density at radius 2 is 1.17 bits per heavy atom. The number of esters is 2. The predicted molar refractivity (Wildman–Crippen MR) is 70.0 cm³/mol. The van der Waals surface area contributed by atoms with Gasteiger partial charge in [-0.3, -0.25) is 0 Å². The first-order valence-corrected chi connectivity index (χ1v) is 6.43. The maximum Gasteiger partial charge on any atom is 0.331 e. The highest BCUT2D eigenvalue weighted by atomic mass is 16.5. The van der Waals surface area contributed by atoms with E-state index < -0.39 is 11.9 Å². The van der Waals surface area contributed by atoms with Crippen LogP contribution in [0.4, 0.5) is 0 Å². The van der Waals surface area contributed by atoms with Crippen molar-refractivity contribution in [1.29, 1.82) is 0 Å². The Morgan fingerprint density at radius 1 is 0.833 bits per heavy atom. The Morgan fingerprint density at radius 3 is 1.44 bits per heavy atom. The van der Waals surface area contributed by atoms with Gasteiger partial charge in [-0.2, -0.15) is 0 Å². The molecule has 0 radical (unpaired) electrons. The Balaban J connectivity index is 3.71. The van der Waals surface area contributed by atoms with Crippen molar-refractivity contribution >= 4 is 11.9 Å². The molecule has 0 bridgehead atoms. The number of carbonyl (C=O) groups excluding carboxylic acids is 2. The van der Waals surface area contributed by atoms with Crippen LogP contribution in [-0.4, -0.2) is 25.2 Å². The van der Waals surface area contributed by atoms with Crippen LogP contribution in [0.15, 0.2) is 12.2 Å². The van der Waals surface area contributed by atoms with E-state index in [0.717, 1.165) is 25.0 Å². The zero-order chi connectivity index (χ0) is 14.0. The van der Waals surface area contributed by atoms with Crippen molar-refractivity contribution in [2.45, 2.75) is 40.5 Å². The molecule has 4 heteroatoms. The average Bonchev–Trinajstić information content (AvgIpc) is 2.25. The summed E-state index contributed by atoms with van der Waals surface area (Å²) >= 11 is 0. The molecule has 0 atom stereocenters. The second-order valence-corrected chi connectivity index (χ2v) is 5.03. The number of carbonyl (C=O) groups is 2. The topological polar surface area (TPSA) is 52.6 Å². The molecule has 0 saturated carbocycles. The van der Waals surface area contributed by atoms with Crippen LogP contribution in [0.2, 0.25) is 0 Å². The average molecular weight is 256 g/mol. The van der Waals surface area contributed by atoms with Gasteiger partial charge in [-0.05, 0) is 24.7 Å². The minimum Gasteiger partial charge on any atom is -0.463 e. The second kappa shape index (κ2) is 9.68. The molecule has 0 unspecified atom stereocenters. The van der Waals surface area contributed by atoms with Crippen molar-refractivity contribution in [3.8, 4) is 0 Å². The van der Waals surface area contributed by atoms with Gasteiger partial charge in [0, 0.05) is 12.2 Å². The lowest BCUT2D eigenvalue weighted by molar-refractivity contribution is -0.140. The first-order valence-electron chi connectivity index (χ1n) is 6.43. The third-order valence-electron chi connectivity index (χ3n) is 2.23. The summed E-state index contributed by atoms with van der Waals surface area (Å²) in [5, 5.41) is 0. The van der Waals surface area contributed by atoms with Crippen molar-refractivity contribution in [1.82, 2.24) is 0 Å². The van der Waals surface area contributed by atoms with Crippen LogP contribution in [0.1, 0.15) is 40.5 Å². The van der Waals surface area contributed by atoms with E-state index >= 15 is 0 Å². The van der Waals surface area contributed by atoms with E-state index in [9.17, 15) is 9.59 Å². The van der Waals surface area contributed by atoms with Gasteiger partial charge >= 0.3 is 11.9 Å². The van der Waals surface area contributed by atoms with Crippen LogP contribution in [0.5, 0.6) is 0 Å². The fourth-order valence-electron chi connectivity index (χ4n) is 1.02.